The van der Waals surface area contributed by atoms with Crippen molar-refractivity contribution in [2.45, 2.75) is 63.0 Å². The summed E-state index contributed by atoms with van der Waals surface area (Å²) in [5.41, 5.74) is -1.31. The topological polar surface area (TPSA) is 101 Å². The number of fused-ring (bicyclic) bond motifs is 4. The normalized spacial score (nSPS) is 25.8. The quantitative estimate of drug-likeness (QED) is 0.270. The van der Waals surface area contributed by atoms with E-state index in [1.807, 2.05) is 0 Å². The Morgan fingerprint density at radius 1 is 1.07 bits per heavy atom. The van der Waals surface area contributed by atoms with Gasteiger partial charge in [-0.15, -0.1) is 13.2 Å². The van der Waals surface area contributed by atoms with Gasteiger partial charge < -0.3 is 24.8 Å². The average molecular weight is 684 g/mol. The Hall–Kier alpha value is -3.68. The van der Waals surface area contributed by atoms with Gasteiger partial charge in [0.2, 0.25) is 0 Å². The monoisotopic (exact) mass is 683 g/mol. The van der Waals surface area contributed by atoms with Crippen molar-refractivity contribution >= 4 is 44.5 Å². The zero-order chi connectivity index (χ0) is 31.7. The number of halogens is 6. The molecular weight excluding hydrogens is 657 g/mol. The number of nitrogens with zero attached hydrogens (tertiary/aromatic N) is 2. The van der Waals surface area contributed by atoms with Gasteiger partial charge in [-0.05, 0) is 62.9 Å². The van der Waals surface area contributed by atoms with E-state index < -0.39 is 60.1 Å². The second-order valence-electron chi connectivity index (χ2n) is 11.8. The molecule has 4 fully saturated rings. The van der Waals surface area contributed by atoms with Gasteiger partial charge in [-0.2, -0.15) is 0 Å². The maximum Gasteiger partial charge on any atom is 0.573 e. The molecule has 3 aromatic rings. The standard InChI is InChI=1S/C30H27BrF5N3O5/c1-16-23(18-12-17(31)6-7-19(18)37-24(16)39-14-29(32,33)15-39)25(40)38-28-10-8-27(9-11-28,26(41)42)13-22(28)43-20-4-2-3-5-21(20)44-30(34,35)36/h2-7,12,22H,8-11,13-15H2,1H3,(H,38,40)(H,41,42). The van der Waals surface area contributed by atoms with Gasteiger partial charge >= 0.3 is 12.3 Å². The second-order valence-corrected chi connectivity index (χ2v) is 12.7. The number of anilines is 1. The summed E-state index contributed by atoms with van der Waals surface area (Å²) in [6.07, 6.45) is -5.25. The smallest absolute Gasteiger partial charge is 0.484 e. The lowest BCUT2D eigenvalue weighted by Crippen LogP contribution is -2.67. The number of carbonyl (C=O) groups is 2. The van der Waals surface area contributed by atoms with E-state index in [0.717, 1.165) is 6.07 Å². The molecule has 1 aliphatic heterocycles. The van der Waals surface area contributed by atoms with Crippen molar-refractivity contribution in [2.24, 2.45) is 5.41 Å². The molecule has 8 nitrogen and oxygen atoms in total. The van der Waals surface area contributed by atoms with Crippen molar-refractivity contribution in [3.63, 3.8) is 0 Å². The van der Waals surface area contributed by atoms with Gasteiger partial charge in [-0.3, -0.25) is 9.59 Å². The summed E-state index contributed by atoms with van der Waals surface area (Å²) in [5, 5.41) is 13.6. The van der Waals surface area contributed by atoms with Crippen LogP contribution in [0.2, 0.25) is 0 Å². The zero-order valence-corrected chi connectivity index (χ0v) is 24.9. The molecular formula is C30H27BrF5N3O5. The number of carboxylic acid groups (broad SMARTS) is 1. The number of pyridine rings is 1. The number of ether oxygens (including phenoxy) is 2. The lowest BCUT2D eigenvalue weighted by molar-refractivity contribution is -0.275. The number of aromatic nitrogens is 1. The van der Waals surface area contributed by atoms with Crippen molar-refractivity contribution in [3.05, 3.63) is 58.1 Å². The van der Waals surface area contributed by atoms with Gasteiger partial charge in [0, 0.05) is 21.8 Å². The molecule has 0 spiro atoms. The van der Waals surface area contributed by atoms with E-state index in [0.29, 0.717) is 20.9 Å². The molecule has 2 aromatic carbocycles. The number of rotatable bonds is 7. The molecule has 1 amide bonds. The summed E-state index contributed by atoms with van der Waals surface area (Å²) in [7, 11) is 0. The minimum atomic E-state index is -4.99. The van der Waals surface area contributed by atoms with Gasteiger partial charge in [-0.25, -0.2) is 13.8 Å². The molecule has 7 rings (SSSR count). The molecule has 3 saturated carbocycles. The summed E-state index contributed by atoms with van der Waals surface area (Å²) in [6.45, 7) is 0.544. The van der Waals surface area contributed by atoms with Gasteiger partial charge in [0.15, 0.2) is 11.5 Å². The van der Waals surface area contributed by atoms with Crippen LogP contribution in [0.25, 0.3) is 10.9 Å². The zero-order valence-electron chi connectivity index (χ0n) is 23.3. The Morgan fingerprint density at radius 3 is 2.34 bits per heavy atom. The number of para-hydroxylation sites is 2. The minimum absolute atomic E-state index is 0.0568. The molecule has 1 unspecified atom stereocenters. The molecule has 14 heteroatoms. The van der Waals surface area contributed by atoms with E-state index in [4.69, 9.17) is 4.74 Å². The minimum Gasteiger partial charge on any atom is -0.484 e. The Bertz CT molecular complexity index is 1650. The number of hydrogen-bond donors (Lipinski definition) is 2. The molecule has 0 radical (unpaired) electrons. The van der Waals surface area contributed by atoms with Crippen molar-refractivity contribution in [3.8, 4) is 11.5 Å². The molecule has 1 aromatic heterocycles. The highest BCUT2D eigenvalue weighted by Crippen LogP contribution is 2.54. The van der Waals surface area contributed by atoms with Crippen LogP contribution in [-0.2, 0) is 4.79 Å². The van der Waals surface area contributed by atoms with Gasteiger partial charge in [-0.1, -0.05) is 28.1 Å². The van der Waals surface area contributed by atoms with E-state index >= 15 is 0 Å². The maximum absolute atomic E-state index is 14.2. The summed E-state index contributed by atoms with van der Waals surface area (Å²) in [6, 6.07) is 10.3. The lowest BCUT2D eigenvalue weighted by Gasteiger charge is -2.55. The predicted molar refractivity (Wildman–Crippen MR) is 152 cm³/mol. The van der Waals surface area contributed by atoms with Crippen LogP contribution in [0.1, 0.15) is 48.0 Å². The van der Waals surface area contributed by atoms with Crippen LogP contribution in [-0.4, -0.2) is 59.0 Å². The average Bonchev–Trinajstić information content (AvgIpc) is 2.92. The van der Waals surface area contributed by atoms with Crippen LogP contribution >= 0.6 is 15.9 Å². The number of hydrogen-bond acceptors (Lipinski definition) is 6. The predicted octanol–water partition coefficient (Wildman–Crippen LogP) is 6.62. The second kappa shape index (κ2) is 10.5. The van der Waals surface area contributed by atoms with Crippen LogP contribution in [0.4, 0.5) is 27.8 Å². The third-order valence-corrected chi connectivity index (χ3v) is 9.48. The highest BCUT2D eigenvalue weighted by molar-refractivity contribution is 9.10. The molecule has 1 saturated heterocycles. The maximum atomic E-state index is 14.2. The molecule has 3 aliphatic carbocycles. The Kier molecular flexibility index (Phi) is 7.21. The molecule has 234 valence electrons. The first-order chi connectivity index (χ1) is 20.6. The van der Waals surface area contributed by atoms with Crippen molar-refractivity contribution in [2.75, 3.05) is 18.0 Å². The van der Waals surface area contributed by atoms with Crippen LogP contribution in [0, 0.1) is 12.3 Å². The summed E-state index contributed by atoms with van der Waals surface area (Å²) < 4.78 is 77.9. The Labute approximate surface area is 256 Å². The first kappa shape index (κ1) is 30.4. The van der Waals surface area contributed by atoms with Crippen molar-refractivity contribution in [1.29, 1.82) is 0 Å². The number of carboxylic acids is 1. The number of benzene rings is 2. The number of aliphatic carboxylic acids is 1. The van der Waals surface area contributed by atoms with Gasteiger partial charge in [0.1, 0.15) is 11.9 Å². The number of nitrogens with one attached hydrogen (secondary N) is 1. The van der Waals surface area contributed by atoms with Crippen LogP contribution < -0.4 is 19.7 Å². The molecule has 44 heavy (non-hydrogen) atoms. The third kappa shape index (κ3) is 5.41. The van der Waals surface area contributed by atoms with E-state index in [-0.39, 0.29) is 49.2 Å². The molecule has 2 heterocycles. The molecule has 2 bridgehead atoms. The summed E-state index contributed by atoms with van der Waals surface area (Å²) in [4.78, 5) is 32.6. The first-order valence-electron chi connectivity index (χ1n) is 13.9. The fourth-order valence-electron chi connectivity index (χ4n) is 6.69. The van der Waals surface area contributed by atoms with E-state index in [1.54, 1.807) is 25.1 Å². The highest BCUT2D eigenvalue weighted by atomic mass is 79.9. The highest BCUT2D eigenvalue weighted by Gasteiger charge is 2.60. The van der Waals surface area contributed by atoms with Crippen molar-refractivity contribution < 1.29 is 46.1 Å². The van der Waals surface area contributed by atoms with E-state index in [1.165, 1.54) is 23.1 Å². The van der Waals surface area contributed by atoms with Gasteiger partial charge in [0.25, 0.3) is 11.8 Å². The fourth-order valence-corrected chi connectivity index (χ4v) is 7.05. The summed E-state index contributed by atoms with van der Waals surface area (Å²) in [5.74, 6) is -5.06. The van der Waals surface area contributed by atoms with E-state index in [2.05, 4.69) is 31.0 Å². The lowest BCUT2D eigenvalue weighted by atomic mass is 9.55. The number of amides is 1. The summed E-state index contributed by atoms with van der Waals surface area (Å²) >= 11 is 3.41. The fraction of sp³-hybridized carbons (Fsp3) is 0.433. The van der Waals surface area contributed by atoms with Crippen LogP contribution in [0.3, 0.4) is 0 Å². The molecule has 4 aliphatic rings. The SMILES string of the molecule is Cc1c(N2CC(F)(F)C2)nc2ccc(Br)cc2c1C(=O)NC12CCC(C(=O)O)(CC1)CC2Oc1ccccc1OC(F)(F)F. The van der Waals surface area contributed by atoms with Crippen molar-refractivity contribution in [1.82, 2.24) is 10.3 Å². The Balaban J connectivity index is 1.39. The Morgan fingerprint density at radius 2 is 1.73 bits per heavy atom. The van der Waals surface area contributed by atoms with Crippen LogP contribution in [0.5, 0.6) is 11.5 Å². The third-order valence-electron chi connectivity index (χ3n) is 8.99. The van der Waals surface area contributed by atoms with Crippen LogP contribution in [0.15, 0.2) is 46.9 Å². The molecule has 2 N–H and O–H groups in total. The molecule has 1 atom stereocenters. The largest absolute Gasteiger partial charge is 0.573 e. The first-order valence-corrected chi connectivity index (χ1v) is 14.7. The van der Waals surface area contributed by atoms with E-state index in [9.17, 15) is 36.6 Å². The number of alkyl halides is 5. The van der Waals surface area contributed by atoms with Gasteiger partial charge in [0.05, 0.1) is 35.1 Å². The number of carbonyl (C=O) groups excluding carboxylic acids is 1.